The number of benzene rings is 2. The molecule has 3 N–H and O–H groups in total. The van der Waals surface area contributed by atoms with Crippen molar-refractivity contribution in [3.05, 3.63) is 74.5 Å². The van der Waals surface area contributed by atoms with E-state index in [9.17, 15) is 27.9 Å². The first-order chi connectivity index (χ1) is 15.6. The van der Waals surface area contributed by atoms with Gasteiger partial charge >= 0.3 is 11.9 Å². The van der Waals surface area contributed by atoms with Gasteiger partial charge in [-0.2, -0.15) is 13.2 Å². The quantitative estimate of drug-likeness (QED) is 0.375. The summed E-state index contributed by atoms with van der Waals surface area (Å²) < 4.78 is 43.0. The molecule has 0 bridgehead atoms. The predicted octanol–water partition coefficient (Wildman–Crippen LogP) is 4.51. The highest BCUT2D eigenvalue weighted by molar-refractivity contribution is 6.40. The number of imidazole rings is 2. The molecule has 2 aromatic carbocycles. The van der Waals surface area contributed by atoms with Gasteiger partial charge in [-0.05, 0) is 24.3 Å². The van der Waals surface area contributed by atoms with E-state index >= 15 is 0 Å². The van der Waals surface area contributed by atoms with Crippen molar-refractivity contribution in [3.8, 4) is 5.88 Å². The Bertz CT molecular complexity index is 1400. The van der Waals surface area contributed by atoms with Crippen molar-refractivity contribution in [1.82, 2.24) is 19.1 Å². The molecule has 0 aliphatic carbocycles. The smallest absolute Gasteiger partial charge is 0.449 e. The molecule has 0 saturated carbocycles. The minimum absolute atomic E-state index is 0.0169. The number of fused-ring (bicyclic) bond motifs is 1. The van der Waals surface area contributed by atoms with Crippen LogP contribution in [-0.2, 0) is 19.3 Å². The first kappa shape index (κ1) is 22.7. The number of aryl methyl sites for hydroxylation is 1. The topological polar surface area (TPSA) is 105 Å². The number of aromatic hydroxyl groups is 1. The van der Waals surface area contributed by atoms with Gasteiger partial charge in [0, 0.05) is 13.1 Å². The van der Waals surface area contributed by atoms with Gasteiger partial charge in [-0.3, -0.25) is 9.36 Å². The Balaban J connectivity index is 1.77. The standard InChI is InChI=1S/C20H14Cl2F3N5O3/c21-11-4-2-5-12(22)16(11)27-17(32)10-3-1-6-13-15(10)28-18(20(23,24)25)29(13)7-8-30-14(31)9-26-19(30)33/h1-6,9,31H,7-8H2,(H,26,33)(H,27,32). The highest BCUT2D eigenvalue weighted by Crippen LogP contribution is 2.34. The summed E-state index contributed by atoms with van der Waals surface area (Å²) in [7, 11) is 0. The number of carbonyl (C=O) groups excluding carboxylic acids is 1. The summed E-state index contributed by atoms with van der Waals surface area (Å²) in [5.41, 5.74) is -0.878. The van der Waals surface area contributed by atoms with Crippen LogP contribution in [0.2, 0.25) is 10.0 Å². The zero-order chi connectivity index (χ0) is 23.9. The second kappa shape index (κ2) is 8.49. The first-order valence-corrected chi connectivity index (χ1v) is 10.1. The van der Waals surface area contributed by atoms with E-state index < -0.39 is 29.5 Å². The molecule has 0 atom stereocenters. The summed E-state index contributed by atoms with van der Waals surface area (Å²) in [4.78, 5) is 30.6. The number of alkyl halides is 3. The van der Waals surface area contributed by atoms with E-state index in [2.05, 4.69) is 15.3 Å². The van der Waals surface area contributed by atoms with Crippen LogP contribution >= 0.6 is 23.2 Å². The largest absolute Gasteiger partial charge is 0.493 e. The van der Waals surface area contributed by atoms with Crippen LogP contribution in [0.3, 0.4) is 0 Å². The number of aromatic amines is 1. The molecule has 0 spiro atoms. The Labute approximate surface area is 193 Å². The fourth-order valence-corrected chi connectivity index (χ4v) is 3.87. The van der Waals surface area contributed by atoms with E-state index in [-0.39, 0.29) is 45.4 Å². The van der Waals surface area contributed by atoms with Crippen LogP contribution in [0.1, 0.15) is 16.2 Å². The molecule has 0 unspecified atom stereocenters. The fraction of sp³-hybridized carbons (Fsp3) is 0.150. The maximum Gasteiger partial charge on any atom is 0.449 e. The van der Waals surface area contributed by atoms with Gasteiger partial charge in [0.15, 0.2) is 0 Å². The van der Waals surface area contributed by atoms with Gasteiger partial charge in [-0.25, -0.2) is 9.78 Å². The van der Waals surface area contributed by atoms with Crippen LogP contribution < -0.4 is 11.0 Å². The third-order valence-electron chi connectivity index (χ3n) is 4.87. The van der Waals surface area contributed by atoms with Crippen molar-refractivity contribution < 1.29 is 23.1 Å². The number of hydrogen-bond donors (Lipinski definition) is 3. The molecule has 4 rings (SSSR count). The van der Waals surface area contributed by atoms with Crippen molar-refractivity contribution in [2.45, 2.75) is 19.3 Å². The Hall–Kier alpha value is -3.44. The Morgan fingerprint density at radius 3 is 2.33 bits per heavy atom. The highest BCUT2D eigenvalue weighted by atomic mass is 35.5. The maximum absolute atomic E-state index is 13.8. The number of H-pyrrole nitrogens is 1. The minimum Gasteiger partial charge on any atom is -0.493 e. The molecule has 13 heteroatoms. The van der Waals surface area contributed by atoms with Gasteiger partial charge in [0.2, 0.25) is 11.7 Å². The summed E-state index contributed by atoms with van der Waals surface area (Å²) in [5, 5.41) is 12.5. The Morgan fingerprint density at radius 2 is 1.73 bits per heavy atom. The van der Waals surface area contributed by atoms with Gasteiger partial charge in [0.05, 0.1) is 33.0 Å². The number of carbonyl (C=O) groups is 1. The average Bonchev–Trinajstić information content (AvgIpc) is 3.28. The molecule has 2 aromatic heterocycles. The molecular formula is C20H14Cl2F3N5O3. The molecule has 172 valence electrons. The van der Waals surface area contributed by atoms with Crippen LogP contribution in [0.25, 0.3) is 11.0 Å². The molecule has 0 radical (unpaired) electrons. The van der Waals surface area contributed by atoms with E-state index in [1.165, 1.54) is 30.3 Å². The van der Waals surface area contributed by atoms with Crippen molar-refractivity contribution >= 4 is 45.8 Å². The monoisotopic (exact) mass is 499 g/mol. The molecule has 1 amide bonds. The number of rotatable bonds is 5. The predicted molar refractivity (Wildman–Crippen MR) is 116 cm³/mol. The number of halogens is 5. The second-order valence-electron chi connectivity index (χ2n) is 6.91. The third-order valence-corrected chi connectivity index (χ3v) is 5.50. The summed E-state index contributed by atoms with van der Waals surface area (Å²) in [6, 6.07) is 8.67. The van der Waals surface area contributed by atoms with Crippen molar-refractivity contribution in [2.24, 2.45) is 0 Å². The summed E-state index contributed by atoms with van der Waals surface area (Å²) >= 11 is 12.1. The van der Waals surface area contributed by atoms with Crippen LogP contribution in [0.15, 0.2) is 47.4 Å². The number of nitrogens with one attached hydrogen (secondary N) is 2. The SMILES string of the molecule is O=C(Nc1c(Cl)cccc1Cl)c1cccc2c1nc(C(F)(F)F)n2CCn1c(O)c[nH]c1=O. The molecule has 2 heterocycles. The number of anilines is 1. The van der Waals surface area contributed by atoms with E-state index in [0.717, 1.165) is 15.3 Å². The van der Waals surface area contributed by atoms with Gasteiger partial charge in [0.1, 0.15) is 5.52 Å². The van der Waals surface area contributed by atoms with Crippen molar-refractivity contribution in [2.75, 3.05) is 5.32 Å². The number of aromatic nitrogens is 4. The van der Waals surface area contributed by atoms with Crippen LogP contribution in [0, 0.1) is 0 Å². The van der Waals surface area contributed by atoms with Gasteiger partial charge in [-0.1, -0.05) is 35.3 Å². The molecule has 4 aromatic rings. The second-order valence-corrected chi connectivity index (χ2v) is 7.73. The minimum atomic E-state index is -4.84. The normalized spacial score (nSPS) is 11.8. The number of hydrogen-bond acceptors (Lipinski definition) is 4. The van der Waals surface area contributed by atoms with E-state index in [1.807, 2.05) is 0 Å². The van der Waals surface area contributed by atoms with Crippen LogP contribution in [0.4, 0.5) is 18.9 Å². The number of amides is 1. The number of nitrogens with zero attached hydrogens (tertiary/aromatic N) is 3. The first-order valence-electron chi connectivity index (χ1n) is 9.37. The lowest BCUT2D eigenvalue weighted by Crippen LogP contribution is -2.22. The highest BCUT2D eigenvalue weighted by Gasteiger charge is 2.38. The van der Waals surface area contributed by atoms with Gasteiger partial charge in [0.25, 0.3) is 5.91 Å². The van der Waals surface area contributed by atoms with E-state index in [1.54, 1.807) is 6.07 Å². The Kier molecular flexibility index (Phi) is 5.85. The zero-order valence-electron chi connectivity index (χ0n) is 16.5. The fourth-order valence-electron chi connectivity index (χ4n) is 3.37. The maximum atomic E-state index is 13.8. The van der Waals surface area contributed by atoms with Crippen molar-refractivity contribution in [1.29, 1.82) is 0 Å². The summed E-state index contributed by atoms with van der Waals surface area (Å²) in [6.45, 7) is -0.619. The van der Waals surface area contributed by atoms with Gasteiger partial charge in [-0.15, -0.1) is 0 Å². The molecule has 0 fully saturated rings. The average molecular weight is 500 g/mol. The van der Waals surface area contributed by atoms with Crippen LogP contribution in [0.5, 0.6) is 5.88 Å². The lowest BCUT2D eigenvalue weighted by atomic mass is 10.1. The number of para-hydroxylation sites is 2. The van der Waals surface area contributed by atoms with Gasteiger partial charge < -0.3 is 20.0 Å². The summed E-state index contributed by atoms with van der Waals surface area (Å²) in [5.74, 6) is -2.43. The molecule has 33 heavy (non-hydrogen) atoms. The molecule has 0 aliphatic heterocycles. The Morgan fingerprint density at radius 1 is 1.09 bits per heavy atom. The lowest BCUT2D eigenvalue weighted by Gasteiger charge is -2.12. The van der Waals surface area contributed by atoms with E-state index in [4.69, 9.17) is 23.2 Å². The van der Waals surface area contributed by atoms with E-state index in [0.29, 0.717) is 0 Å². The molecule has 8 nitrogen and oxygen atoms in total. The van der Waals surface area contributed by atoms with Crippen molar-refractivity contribution in [3.63, 3.8) is 0 Å². The lowest BCUT2D eigenvalue weighted by molar-refractivity contribution is -0.147. The third kappa shape index (κ3) is 4.29. The van der Waals surface area contributed by atoms with Crippen LogP contribution in [-0.4, -0.2) is 30.1 Å². The summed E-state index contributed by atoms with van der Waals surface area (Å²) in [6.07, 6.45) is -3.81. The molecule has 0 saturated heterocycles. The zero-order valence-corrected chi connectivity index (χ0v) is 18.0. The molecule has 0 aliphatic rings. The molecular weight excluding hydrogens is 486 g/mol.